The summed E-state index contributed by atoms with van der Waals surface area (Å²) in [5.74, 6) is 1.10. The van der Waals surface area contributed by atoms with Gasteiger partial charge in [0.2, 0.25) is 0 Å². The van der Waals surface area contributed by atoms with Gasteiger partial charge in [-0.1, -0.05) is 20.3 Å². The second kappa shape index (κ2) is 7.29. The van der Waals surface area contributed by atoms with Crippen LogP contribution in [0.1, 0.15) is 46.0 Å². The number of nitro benzene ring substituents is 1. The lowest BCUT2D eigenvalue weighted by molar-refractivity contribution is -0.384. The zero-order chi connectivity index (χ0) is 15.2. The second-order valence-corrected chi connectivity index (χ2v) is 5.82. The zero-order valence-corrected chi connectivity index (χ0v) is 12.8. The maximum atomic E-state index is 11.1. The fraction of sp³-hybridized carbons (Fsp3) is 0.625. The molecule has 0 amide bonds. The summed E-state index contributed by atoms with van der Waals surface area (Å²) in [7, 11) is 0. The Morgan fingerprint density at radius 1 is 1.33 bits per heavy atom. The van der Waals surface area contributed by atoms with Gasteiger partial charge < -0.3 is 10.1 Å². The van der Waals surface area contributed by atoms with Gasteiger partial charge in [-0.25, -0.2) is 0 Å². The van der Waals surface area contributed by atoms with E-state index in [0.29, 0.717) is 11.7 Å². The molecule has 1 fully saturated rings. The van der Waals surface area contributed by atoms with E-state index in [-0.39, 0.29) is 16.7 Å². The molecule has 1 aliphatic rings. The van der Waals surface area contributed by atoms with Gasteiger partial charge in [0.1, 0.15) is 11.9 Å². The number of ether oxygens (including phenoxy) is 1. The van der Waals surface area contributed by atoms with Gasteiger partial charge in [0.05, 0.1) is 11.0 Å². The first-order chi connectivity index (χ1) is 10.1. The molecule has 0 saturated heterocycles. The van der Waals surface area contributed by atoms with Crippen molar-refractivity contribution in [2.45, 2.75) is 52.1 Å². The third-order valence-corrected chi connectivity index (χ3v) is 4.00. The van der Waals surface area contributed by atoms with E-state index in [1.807, 2.05) is 6.07 Å². The number of non-ortho nitro benzene ring substituents is 1. The Labute approximate surface area is 125 Å². The van der Waals surface area contributed by atoms with Gasteiger partial charge in [0.25, 0.3) is 5.69 Å². The molecule has 2 rings (SSSR count). The number of rotatable bonds is 6. The van der Waals surface area contributed by atoms with Crippen LogP contribution in [0.2, 0.25) is 0 Å². The van der Waals surface area contributed by atoms with Crippen LogP contribution in [-0.4, -0.2) is 17.6 Å². The Hall–Kier alpha value is -1.78. The molecule has 21 heavy (non-hydrogen) atoms. The third kappa shape index (κ3) is 4.34. The Balaban J connectivity index is 2.16. The quantitative estimate of drug-likeness (QED) is 0.624. The lowest BCUT2D eigenvalue weighted by atomic mass is 9.88. The fourth-order valence-electron chi connectivity index (χ4n) is 2.76. The predicted octanol–water partition coefficient (Wildman–Crippen LogP) is 4.37. The lowest BCUT2D eigenvalue weighted by Crippen LogP contribution is -2.28. The summed E-state index contributed by atoms with van der Waals surface area (Å²) in [5, 5.41) is 14.3. The number of nitro groups is 1. The van der Waals surface area contributed by atoms with Crippen LogP contribution < -0.4 is 10.1 Å². The van der Waals surface area contributed by atoms with Crippen molar-refractivity contribution < 1.29 is 9.66 Å². The average molecular weight is 292 g/mol. The van der Waals surface area contributed by atoms with Crippen molar-refractivity contribution >= 4 is 11.4 Å². The molecule has 1 aliphatic carbocycles. The van der Waals surface area contributed by atoms with E-state index in [4.69, 9.17) is 4.74 Å². The second-order valence-electron chi connectivity index (χ2n) is 5.82. The van der Waals surface area contributed by atoms with Crippen molar-refractivity contribution in [3.05, 3.63) is 28.3 Å². The number of anilines is 1. The molecule has 1 N–H and O–H groups in total. The van der Waals surface area contributed by atoms with Crippen LogP contribution in [0, 0.1) is 16.0 Å². The van der Waals surface area contributed by atoms with Crippen LogP contribution in [0.15, 0.2) is 18.2 Å². The minimum absolute atomic E-state index is 0.0783. The summed E-state index contributed by atoms with van der Waals surface area (Å²) in [4.78, 5) is 10.7. The van der Waals surface area contributed by atoms with Crippen LogP contribution in [0.25, 0.3) is 0 Å². The molecule has 5 nitrogen and oxygen atoms in total. The summed E-state index contributed by atoms with van der Waals surface area (Å²) >= 11 is 0. The predicted molar refractivity (Wildman–Crippen MR) is 83.9 cm³/mol. The van der Waals surface area contributed by atoms with E-state index in [0.717, 1.165) is 25.1 Å². The molecule has 0 spiro atoms. The number of hydrogen-bond acceptors (Lipinski definition) is 4. The Morgan fingerprint density at radius 3 is 2.76 bits per heavy atom. The normalized spacial score (nSPS) is 21.8. The minimum Gasteiger partial charge on any atom is -0.490 e. The van der Waals surface area contributed by atoms with Crippen LogP contribution in [0.5, 0.6) is 5.75 Å². The maximum absolute atomic E-state index is 11.1. The lowest BCUT2D eigenvalue weighted by Gasteiger charge is -2.29. The Kier molecular flexibility index (Phi) is 5.42. The monoisotopic (exact) mass is 292 g/mol. The van der Waals surface area contributed by atoms with Gasteiger partial charge in [0.15, 0.2) is 0 Å². The van der Waals surface area contributed by atoms with Gasteiger partial charge in [-0.3, -0.25) is 10.1 Å². The minimum atomic E-state index is -0.367. The third-order valence-electron chi connectivity index (χ3n) is 4.00. The smallest absolute Gasteiger partial charge is 0.275 e. The first-order valence-electron chi connectivity index (χ1n) is 7.80. The Morgan fingerprint density at radius 2 is 2.10 bits per heavy atom. The van der Waals surface area contributed by atoms with Crippen LogP contribution in [0.4, 0.5) is 11.4 Å². The first kappa shape index (κ1) is 15.6. The fourth-order valence-corrected chi connectivity index (χ4v) is 2.76. The SMILES string of the molecule is CCCNc1cc(OC2CCCCC2C)cc([N+](=O)[O-])c1. The first-order valence-corrected chi connectivity index (χ1v) is 7.80. The van der Waals surface area contributed by atoms with Crippen molar-refractivity contribution in [1.29, 1.82) is 0 Å². The number of nitrogens with zero attached hydrogens (tertiary/aromatic N) is 1. The molecule has 0 heterocycles. The van der Waals surface area contributed by atoms with Crippen LogP contribution in [-0.2, 0) is 0 Å². The van der Waals surface area contributed by atoms with Gasteiger partial charge in [0, 0.05) is 24.4 Å². The highest BCUT2D eigenvalue weighted by Gasteiger charge is 2.23. The number of benzene rings is 1. The van der Waals surface area contributed by atoms with Gasteiger partial charge in [-0.15, -0.1) is 0 Å². The van der Waals surface area contributed by atoms with E-state index >= 15 is 0 Å². The van der Waals surface area contributed by atoms with Crippen molar-refractivity contribution in [3.8, 4) is 5.75 Å². The standard InChI is InChI=1S/C16H24N2O3/c1-3-8-17-13-9-14(18(19)20)11-15(10-13)21-16-7-5-4-6-12(16)2/h9-12,16-17H,3-8H2,1-2H3. The van der Waals surface area contributed by atoms with Gasteiger partial charge in [-0.05, 0) is 31.6 Å². The van der Waals surface area contributed by atoms with Crippen molar-refractivity contribution in [3.63, 3.8) is 0 Å². The molecular weight excluding hydrogens is 268 g/mol. The summed E-state index contributed by atoms with van der Waals surface area (Å²) < 4.78 is 6.03. The molecule has 116 valence electrons. The topological polar surface area (TPSA) is 64.4 Å². The number of hydrogen-bond donors (Lipinski definition) is 1. The van der Waals surface area contributed by atoms with Crippen LogP contribution in [0.3, 0.4) is 0 Å². The zero-order valence-electron chi connectivity index (χ0n) is 12.8. The largest absolute Gasteiger partial charge is 0.490 e. The van der Waals surface area contributed by atoms with E-state index in [1.54, 1.807) is 6.07 Å². The van der Waals surface area contributed by atoms with Gasteiger partial charge in [-0.2, -0.15) is 0 Å². The van der Waals surface area contributed by atoms with Crippen LogP contribution >= 0.6 is 0 Å². The highest BCUT2D eigenvalue weighted by Crippen LogP contribution is 2.31. The molecule has 2 unspecified atom stereocenters. The molecule has 5 heteroatoms. The molecule has 1 aromatic rings. The number of nitrogens with one attached hydrogen (secondary N) is 1. The molecular formula is C16H24N2O3. The molecule has 1 aromatic carbocycles. The summed E-state index contributed by atoms with van der Waals surface area (Å²) in [6.45, 7) is 5.04. The Bertz CT molecular complexity index is 490. The summed E-state index contributed by atoms with van der Waals surface area (Å²) in [6, 6.07) is 4.95. The van der Waals surface area contributed by atoms with E-state index in [1.165, 1.54) is 25.3 Å². The van der Waals surface area contributed by atoms with E-state index in [2.05, 4.69) is 19.2 Å². The average Bonchev–Trinajstić information content (AvgIpc) is 2.47. The summed E-state index contributed by atoms with van der Waals surface area (Å²) in [6.07, 6.45) is 5.75. The molecule has 0 bridgehead atoms. The van der Waals surface area contributed by atoms with Crippen molar-refractivity contribution in [1.82, 2.24) is 0 Å². The molecule has 0 radical (unpaired) electrons. The molecule has 1 saturated carbocycles. The molecule has 0 aromatic heterocycles. The van der Waals surface area contributed by atoms with Crippen molar-refractivity contribution in [2.75, 3.05) is 11.9 Å². The maximum Gasteiger partial charge on any atom is 0.275 e. The highest BCUT2D eigenvalue weighted by molar-refractivity contribution is 5.56. The van der Waals surface area contributed by atoms with Gasteiger partial charge >= 0.3 is 0 Å². The van der Waals surface area contributed by atoms with E-state index < -0.39 is 0 Å². The summed E-state index contributed by atoms with van der Waals surface area (Å²) in [5.41, 5.74) is 0.832. The molecule has 0 aliphatic heterocycles. The highest BCUT2D eigenvalue weighted by atomic mass is 16.6. The molecule has 2 atom stereocenters. The van der Waals surface area contributed by atoms with E-state index in [9.17, 15) is 10.1 Å². The van der Waals surface area contributed by atoms with Crippen molar-refractivity contribution in [2.24, 2.45) is 5.92 Å².